The van der Waals surface area contributed by atoms with Crippen LogP contribution in [0.1, 0.15) is 17.1 Å². The number of anilines is 3. The van der Waals surface area contributed by atoms with Crippen molar-refractivity contribution in [3.63, 3.8) is 0 Å². The van der Waals surface area contributed by atoms with E-state index >= 15 is 0 Å². The molecule has 1 fully saturated rings. The molecule has 0 aliphatic carbocycles. The summed E-state index contributed by atoms with van der Waals surface area (Å²) in [6, 6.07) is 2.29. The van der Waals surface area contributed by atoms with E-state index in [0.717, 1.165) is 49.8 Å². The SMILES string of the molecule is Cc1nc(Nc2ccc(C(F)(F)F)nc2)c(N2CCNCC2)nc1C. The van der Waals surface area contributed by atoms with Gasteiger partial charge < -0.3 is 15.5 Å². The highest BCUT2D eigenvalue weighted by atomic mass is 19.4. The van der Waals surface area contributed by atoms with Gasteiger partial charge >= 0.3 is 6.18 Å². The fraction of sp³-hybridized carbons (Fsp3) is 0.438. The zero-order valence-corrected chi connectivity index (χ0v) is 14.0. The van der Waals surface area contributed by atoms with E-state index in [1.165, 1.54) is 6.07 Å². The van der Waals surface area contributed by atoms with E-state index in [1.54, 1.807) is 0 Å². The predicted octanol–water partition coefficient (Wildman–Crippen LogP) is 2.66. The molecule has 2 aromatic heterocycles. The maximum atomic E-state index is 12.6. The lowest BCUT2D eigenvalue weighted by Crippen LogP contribution is -2.44. The summed E-state index contributed by atoms with van der Waals surface area (Å²) in [5, 5.41) is 6.32. The molecule has 0 aromatic carbocycles. The van der Waals surface area contributed by atoms with Crippen molar-refractivity contribution >= 4 is 17.3 Å². The van der Waals surface area contributed by atoms with Gasteiger partial charge in [-0.25, -0.2) is 15.0 Å². The van der Waals surface area contributed by atoms with Crippen molar-refractivity contribution < 1.29 is 13.2 Å². The summed E-state index contributed by atoms with van der Waals surface area (Å²) >= 11 is 0. The van der Waals surface area contributed by atoms with Crippen molar-refractivity contribution in [1.82, 2.24) is 20.3 Å². The summed E-state index contributed by atoms with van der Waals surface area (Å²) in [6.45, 7) is 7.00. The highest BCUT2D eigenvalue weighted by Gasteiger charge is 2.32. The summed E-state index contributed by atoms with van der Waals surface area (Å²) in [6.07, 6.45) is -3.30. The van der Waals surface area contributed by atoms with Gasteiger partial charge in [-0.3, -0.25) is 0 Å². The Morgan fingerprint density at radius 3 is 2.36 bits per heavy atom. The van der Waals surface area contributed by atoms with Crippen LogP contribution in [0.5, 0.6) is 0 Å². The number of hydrogen-bond acceptors (Lipinski definition) is 6. The highest BCUT2D eigenvalue weighted by molar-refractivity contribution is 5.68. The Kier molecular flexibility index (Phi) is 4.76. The Morgan fingerprint density at radius 2 is 1.76 bits per heavy atom. The summed E-state index contributed by atoms with van der Waals surface area (Å²) in [4.78, 5) is 14.7. The number of alkyl halides is 3. The number of halogens is 3. The van der Waals surface area contributed by atoms with E-state index in [-0.39, 0.29) is 0 Å². The number of aryl methyl sites for hydroxylation is 2. The molecule has 0 saturated carbocycles. The number of hydrogen-bond donors (Lipinski definition) is 2. The maximum absolute atomic E-state index is 12.6. The molecular weight excluding hydrogens is 333 g/mol. The van der Waals surface area contributed by atoms with Crippen molar-refractivity contribution in [2.75, 3.05) is 36.4 Å². The van der Waals surface area contributed by atoms with E-state index in [0.29, 0.717) is 17.3 Å². The lowest BCUT2D eigenvalue weighted by molar-refractivity contribution is -0.141. The second kappa shape index (κ2) is 6.83. The van der Waals surface area contributed by atoms with Gasteiger partial charge in [-0.05, 0) is 26.0 Å². The van der Waals surface area contributed by atoms with Crippen molar-refractivity contribution in [2.45, 2.75) is 20.0 Å². The van der Waals surface area contributed by atoms with Gasteiger partial charge in [0.25, 0.3) is 0 Å². The summed E-state index contributed by atoms with van der Waals surface area (Å²) in [5.74, 6) is 1.22. The van der Waals surface area contributed by atoms with Crippen LogP contribution in [-0.2, 0) is 6.18 Å². The van der Waals surface area contributed by atoms with Gasteiger partial charge in [-0.1, -0.05) is 0 Å². The molecule has 1 aliphatic rings. The molecular formula is C16H19F3N6. The van der Waals surface area contributed by atoms with Crippen molar-refractivity contribution in [1.29, 1.82) is 0 Å². The van der Waals surface area contributed by atoms with Gasteiger partial charge in [0, 0.05) is 26.2 Å². The lowest BCUT2D eigenvalue weighted by atomic mass is 10.3. The van der Waals surface area contributed by atoms with Gasteiger partial charge in [0.05, 0.1) is 23.3 Å². The molecule has 1 aliphatic heterocycles. The largest absolute Gasteiger partial charge is 0.433 e. The zero-order valence-electron chi connectivity index (χ0n) is 14.0. The Hall–Kier alpha value is -2.42. The number of piperazine rings is 1. The first kappa shape index (κ1) is 17.4. The standard InChI is InChI=1S/C16H19F3N6/c1-10-11(2)23-15(25-7-5-20-6-8-25)14(22-10)24-12-3-4-13(21-9-12)16(17,18)19/h3-4,9,20H,5-8H2,1-2H3,(H,22,24). The van der Waals surface area contributed by atoms with Crippen LogP contribution >= 0.6 is 0 Å². The van der Waals surface area contributed by atoms with Crippen molar-refractivity contribution in [3.05, 3.63) is 35.4 Å². The van der Waals surface area contributed by atoms with E-state index < -0.39 is 11.9 Å². The lowest BCUT2D eigenvalue weighted by Gasteiger charge is -2.30. The zero-order chi connectivity index (χ0) is 18.0. The second-order valence-corrected chi connectivity index (χ2v) is 5.86. The number of pyridine rings is 1. The molecule has 2 N–H and O–H groups in total. The fourth-order valence-electron chi connectivity index (χ4n) is 2.54. The topological polar surface area (TPSA) is 66.0 Å². The fourth-order valence-corrected chi connectivity index (χ4v) is 2.54. The van der Waals surface area contributed by atoms with Crippen molar-refractivity contribution in [3.8, 4) is 0 Å². The van der Waals surface area contributed by atoms with Gasteiger partial charge in [-0.2, -0.15) is 13.2 Å². The Bertz CT molecular complexity index is 739. The average molecular weight is 352 g/mol. The van der Waals surface area contributed by atoms with E-state index in [9.17, 15) is 13.2 Å². The van der Waals surface area contributed by atoms with Crippen LogP contribution in [-0.4, -0.2) is 41.1 Å². The Balaban J connectivity index is 1.89. The Labute approximate surface area is 143 Å². The molecule has 0 amide bonds. The van der Waals surface area contributed by atoms with E-state index in [4.69, 9.17) is 0 Å². The van der Waals surface area contributed by atoms with Gasteiger partial charge in [0.15, 0.2) is 11.6 Å². The molecule has 6 nitrogen and oxygen atoms in total. The third-order valence-corrected chi connectivity index (χ3v) is 4.02. The number of aromatic nitrogens is 3. The molecule has 1 saturated heterocycles. The molecule has 25 heavy (non-hydrogen) atoms. The van der Waals surface area contributed by atoms with E-state index in [1.807, 2.05) is 13.8 Å². The third kappa shape index (κ3) is 3.98. The van der Waals surface area contributed by atoms with Crippen LogP contribution < -0.4 is 15.5 Å². The first-order valence-electron chi connectivity index (χ1n) is 7.96. The van der Waals surface area contributed by atoms with Gasteiger partial charge in [0.1, 0.15) is 5.69 Å². The molecule has 0 unspecified atom stereocenters. The Morgan fingerprint density at radius 1 is 1.08 bits per heavy atom. The smallest absolute Gasteiger partial charge is 0.351 e. The van der Waals surface area contributed by atoms with Gasteiger partial charge in [0.2, 0.25) is 0 Å². The quantitative estimate of drug-likeness (QED) is 0.885. The molecule has 134 valence electrons. The average Bonchev–Trinajstić information content (AvgIpc) is 2.58. The maximum Gasteiger partial charge on any atom is 0.433 e. The number of nitrogens with zero attached hydrogens (tertiary/aromatic N) is 4. The molecule has 0 radical (unpaired) electrons. The molecule has 2 aromatic rings. The normalized spacial score (nSPS) is 15.3. The molecule has 0 spiro atoms. The first-order valence-corrected chi connectivity index (χ1v) is 7.96. The minimum absolute atomic E-state index is 0.432. The first-order chi connectivity index (χ1) is 11.8. The van der Waals surface area contributed by atoms with Crippen LogP contribution in [0.3, 0.4) is 0 Å². The monoisotopic (exact) mass is 352 g/mol. The van der Waals surface area contributed by atoms with Crippen LogP contribution in [0.15, 0.2) is 18.3 Å². The minimum atomic E-state index is -4.45. The van der Waals surface area contributed by atoms with Crippen LogP contribution in [0.4, 0.5) is 30.5 Å². The summed E-state index contributed by atoms with van der Waals surface area (Å²) in [5.41, 5.74) is 1.10. The predicted molar refractivity (Wildman–Crippen MR) is 89.1 cm³/mol. The van der Waals surface area contributed by atoms with E-state index in [2.05, 4.69) is 30.5 Å². The third-order valence-electron chi connectivity index (χ3n) is 4.02. The molecule has 0 atom stereocenters. The molecule has 3 rings (SSSR count). The second-order valence-electron chi connectivity index (χ2n) is 5.86. The van der Waals surface area contributed by atoms with Crippen LogP contribution in [0.2, 0.25) is 0 Å². The molecule has 9 heteroatoms. The summed E-state index contributed by atoms with van der Waals surface area (Å²) < 4.78 is 37.9. The molecule has 3 heterocycles. The highest BCUT2D eigenvalue weighted by Crippen LogP contribution is 2.30. The van der Waals surface area contributed by atoms with Crippen molar-refractivity contribution in [2.24, 2.45) is 0 Å². The van der Waals surface area contributed by atoms with Crippen LogP contribution in [0, 0.1) is 13.8 Å². The minimum Gasteiger partial charge on any atom is -0.351 e. The molecule has 0 bridgehead atoms. The number of rotatable bonds is 3. The van der Waals surface area contributed by atoms with Gasteiger partial charge in [-0.15, -0.1) is 0 Å². The van der Waals surface area contributed by atoms with Crippen LogP contribution in [0.25, 0.3) is 0 Å². The summed E-state index contributed by atoms with van der Waals surface area (Å²) in [7, 11) is 0. The number of nitrogens with one attached hydrogen (secondary N) is 2.